The Bertz CT molecular complexity index is 203. The number of halogens is 1. The third kappa shape index (κ3) is 4.30. The van der Waals surface area contributed by atoms with E-state index in [0.29, 0.717) is 11.8 Å². The van der Waals surface area contributed by atoms with Crippen LogP contribution in [0.25, 0.3) is 0 Å². The number of hydrogen-bond donors (Lipinski definition) is 2. The Labute approximate surface area is 105 Å². The van der Waals surface area contributed by atoms with E-state index in [1.54, 1.807) is 0 Å². The average molecular weight is 249 g/mol. The molecule has 1 atom stereocenters. The van der Waals surface area contributed by atoms with E-state index in [4.69, 9.17) is 0 Å². The molecule has 0 spiro atoms. The van der Waals surface area contributed by atoms with Crippen molar-refractivity contribution in [3.8, 4) is 0 Å². The molecule has 1 saturated heterocycles. The summed E-state index contributed by atoms with van der Waals surface area (Å²) in [4.78, 5) is 11.8. The molecule has 0 aromatic carbocycles. The third-order valence-corrected chi connectivity index (χ3v) is 3.65. The second kappa shape index (κ2) is 7.91. The lowest BCUT2D eigenvalue weighted by molar-refractivity contribution is -0.126. The monoisotopic (exact) mass is 248 g/mol. The van der Waals surface area contributed by atoms with Gasteiger partial charge in [0.1, 0.15) is 0 Å². The Hall–Kier alpha value is -0.280. The van der Waals surface area contributed by atoms with Crippen molar-refractivity contribution in [2.24, 2.45) is 17.8 Å². The Balaban J connectivity index is 0.00000225. The molecule has 0 aromatic heterocycles. The molecule has 2 N–H and O–H groups in total. The number of rotatable bonds is 6. The van der Waals surface area contributed by atoms with E-state index in [-0.39, 0.29) is 24.2 Å². The van der Waals surface area contributed by atoms with Crippen molar-refractivity contribution < 1.29 is 4.79 Å². The van der Waals surface area contributed by atoms with Gasteiger partial charge in [0, 0.05) is 12.5 Å². The van der Waals surface area contributed by atoms with E-state index in [1.165, 1.54) is 0 Å². The molecule has 16 heavy (non-hydrogen) atoms. The molecule has 0 bridgehead atoms. The number of hydrogen-bond acceptors (Lipinski definition) is 2. The molecule has 96 valence electrons. The quantitative estimate of drug-likeness (QED) is 0.753. The predicted molar refractivity (Wildman–Crippen MR) is 69.9 cm³/mol. The van der Waals surface area contributed by atoms with Crippen molar-refractivity contribution in [3.63, 3.8) is 0 Å². The van der Waals surface area contributed by atoms with Gasteiger partial charge in [0.2, 0.25) is 5.91 Å². The van der Waals surface area contributed by atoms with Gasteiger partial charge in [-0.05, 0) is 24.9 Å². The molecule has 0 aromatic rings. The van der Waals surface area contributed by atoms with E-state index in [9.17, 15) is 4.79 Å². The fourth-order valence-electron chi connectivity index (χ4n) is 1.86. The van der Waals surface area contributed by atoms with Crippen LogP contribution in [0.5, 0.6) is 0 Å². The molecule has 0 saturated carbocycles. The summed E-state index contributed by atoms with van der Waals surface area (Å²) < 4.78 is 0. The normalized spacial score (nSPS) is 17.5. The molecule has 1 aliphatic heterocycles. The van der Waals surface area contributed by atoms with Gasteiger partial charge in [-0.1, -0.05) is 33.6 Å². The van der Waals surface area contributed by atoms with Crippen LogP contribution in [-0.2, 0) is 4.79 Å². The van der Waals surface area contributed by atoms with Crippen LogP contribution >= 0.6 is 12.4 Å². The molecular formula is C12H25ClN2O. The molecule has 0 aliphatic carbocycles. The molecule has 1 unspecified atom stereocenters. The van der Waals surface area contributed by atoms with E-state index in [1.807, 2.05) is 6.92 Å². The summed E-state index contributed by atoms with van der Waals surface area (Å²) in [6.45, 7) is 9.24. The summed E-state index contributed by atoms with van der Waals surface area (Å²) >= 11 is 0. The Morgan fingerprint density at radius 1 is 1.38 bits per heavy atom. The second-order valence-electron chi connectivity index (χ2n) is 4.63. The van der Waals surface area contributed by atoms with Crippen LogP contribution in [0.3, 0.4) is 0 Å². The van der Waals surface area contributed by atoms with Crippen LogP contribution < -0.4 is 10.6 Å². The van der Waals surface area contributed by atoms with Crippen molar-refractivity contribution in [2.45, 2.75) is 33.6 Å². The first-order chi connectivity index (χ1) is 7.19. The first-order valence-electron chi connectivity index (χ1n) is 6.17. The van der Waals surface area contributed by atoms with Crippen molar-refractivity contribution in [1.29, 1.82) is 0 Å². The zero-order valence-corrected chi connectivity index (χ0v) is 11.4. The van der Waals surface area contributed by atoms with Crippen molar-refractivity contribution in [2.75, 3.05) is 19.6 Å². The lowest BCUT2D eigenvalue weighted by Gasteiger charge is -2.32. The highest BCUT2D eigenvalue weighted by molar-refractivity contribution is 5.85. The summed E-state index contributed by atoms with van der Waals surface area (Å²) in [6, 6.07) is 0. The van der Waals surface area contributed by atoms with Gasteiger partial charge in [-0.15, -0.1) is 12.4 Å². The minimum absolute atomic E-state index is 0. The minimum Gasteiger partial charge on any atom is -0.356 e. The van der Waals surface area contributed by atoms with Crippen LogP contribution in [0.15, 0.2) is 0 Å². The lowest BCUT2D eigenvalue weighted by Crippen LogP contribution is -2.50. The van der Waals surface area contributed by atoms with E-state index in [2.05, 4.69) is 24.5 Å². The van der Waals surface area contributed by atoms with E-state index < -0.39 is 0 Å². The number of carbonyl (C=O) groups is 1. The van der Waals surface area contributed by atoms with Crippen molar-refractivity contribution >= 4 is 18.3 Å². The maximum absolute atomic E-state index is 11.8. The van der Waals surface area contributed by atoms with Gasteiger partial charge in [-0.25, -0.2) is 0 Å². The third-order valence-electron chi connectivity index (χ3n) is 3.65. The molecule has 1 rings (SSSR count). The van der Waals surface area contributed by atoms with Gasteiger partial charge in [0.05, 0.1) is 0 Å². The average Bonchev–Trinajstić information content (AvgIpc) is 2.16. The van der Waals surface area contributed by atoms with Gasteiger partial charge in [-0.2, -0.15) is 0 Å². The maximum atomic E-state index is 11.8. The van der Waals surface area contributed by atoms with Crippen LogP contribution in [0.4, 0.5) is 0 Å². The van der Waals surface area contributed by atoms with Crippen molar-refractivity contribution in [3.05, 3.63) is 0 Å². The molecule has 1 amide bonds. The first kappa shape index (κ1) is 15.7. The fraction of sp³-hybridized carbons (Fsp3) is 0.917. The highest BCUT2D eigenvalue weighted by Gasteiger charge is 2.28. The molecule has 1 fully saturated rings. The number of amides is 1. The van der Waals surface area contributed by atoms with Gasteiger partial charge >= 0.3 is 0 Å². The van der Waals surface area contributed by atoms with Crippen LogP contribution in [0.1, 0.15) is 33.6 Å². The topological polar surface area (TPSA) is 41.1 Å². The van der Waals surface area contributed by atoms with E-state index >= 15 is 0 Å². The maximum Gasteiger partial charge on any atom is 0.223 e. The smallest absolute Gasteiger partial charge is 0.223 e. The molecule has 0 radical (unpaired) electrons. The summed E-state index contributed by atoms with van der Waals surface area (Å²) in [7, 11) is 0. The first-order valence-corrected chi connectivity index (χ1v) is 6.17. The zero-order chi connectivity index (χ0) is 11.3. The second-order valence-corrected chi connectivity index (χ2v) is 4.63. The molecule has 4 heteroatoms. The molecule has 3 nitrogen and oxygen atoms in total. The summed E-state index contributed by atoms with van der Waals surface area (Å²) in [5.41, 5.74) is 0. The standard InChI is InChI=1S/C12H24N2O.ClH/c1-4-10(5-2)6-14-12(15)9(3)11-7-13-8-11;/h9-11,13H,4-8H2,1-3H3,(H,14,15);1H. The number of carbonyl (C=O) groups excluding carboxylic acids is 1. The zero-order valence-electron chi connectivity index (χ0n) is 10.6. The minimum atomic E-state index is 0. The van der Waals surface area contributed by atoms with Gasteiger partial charge in [-0.3, -0.25) is 4.79 Å². The Kier molecular flexibility index (Phi) is 7.77. The van der Waals surface area contributed by atoms with Gasteiger partial charge < -0.3 is 10.6 Å². The summed E-state index contributed by atoms with van der Waals surface area (Å²) in [5, 5.41) is 6.27. The van der Waals surface area contributed by atoms with Crippen LogP contribution in [0, 0.1) is 17.8 Å². The molecule has 1 aliphatic rings. The lowest BCUT2D eigenvalue weighted by atomic mass is 9.88. The van der Waals surface area contributed by atoms with Gasteiger partial charge in [0.15, 0.2) is 0 Å². The van der Waals surface area contributed by atoms with Crippen molar-refractivity contribution in [1.82, 2.24) is 10.6 Å². The SMILES string of the molecule is CCC(CC)CNC(=O)C(C)C1CNC1.Cl. The Morgan fingerprint density at radius 3 is 2.31 bits per heavy atom. The predicted octanol–water partition coefficient (Wildman–Crippen LogP) is 1.82. The Morgan fingerprint density at radius 2 is 1.94 bits per heavy atom. The van der Waals surface area contributed by atoms with E-state index in [0.717, 1.165) is 32.5 Å². The molecular weight excluding hydrogens is 224 g/mol. The largest absolute Gasteiger partial charge is 0.356 e. The molecule has 1 heterocycles. The van der Waals surface area contributed by atoms with Crippen LogP contribution in [0.2, 0.25) is 0 Å². The number of nitrogens with one attached hydrogen (secondary N) is 2. The highest BCUT2D eigenvalue weighted by Crippen LogP contribution is 2.16. The van der Waals surface area contributed by atoms with Crippen LogP contribution in [-0.4, -0.2) is 25.5 Å². The van der Waals surface area contributed by atoms with Gasteiger partial charge in [0.25, 0.3) is 0 Å². The fourth-order valence-corrected chi connectivity index (χ4v) is 1.86. The summed E-state index contributed by atoms with van der Waals surface area (Å²) in [6.07, 6.45) is 2.30. The summed E-state index contributed by atoms with van der Waals surface area (Å²) in [5.74, 6) is 1.58. The highest BCUT2D eigenvalue weighted by atomic mass is 35.5.